The lowest BCUT2D eigenvalue weighted by atomic mass is 10.2. The molecule has 0 unspecified atom stereocenters. The van der Waals surface area contributed by atoms with Gasteiger partial charge < -0.3 is 23.8 Å². The average Bonchev–Trinajstić information content (AvgIpc) is 3.27. The second-order valence-corrected chi connectivity index (χ2v) is 7.67. The minimum atomic E-state index is -0.366. The van der Waals surface area contributed by atoms with Crippen LogP contribution in [0.1, 0.15) is 12.7 Å². The van der Waals surface area contributed by atoms with Crippen molar-refractivity contribution in [2.24, 2.45) is 7.05 Å². The van der Waals surface area contributed by atoms with E-state index in [1.807, 2.05) is 31.5 Å². The molecule has 1 atom stereocenters. The molecule has 28 heavy (non-hydrogen) atoms. The Morgan fingerprint density at radius 2 is 2.00 bits per heavy atom. The lowest BCUT2D eigenvalue weighted by molar-refractivity contribution is -0.115. The van der Waals surface area contributed by atoms with E-state index in [-0.39, 0.29) is 11.2 Å². The number of ether oxygens (including phenoxy) is 2. The fourth-order valence-electron chi connectivity index (χ4n) is 2.85. The molecule has 146 valence electrons. The zero-order valence-corrected chi connectivity index (χ0v) is 16.6. The molecule has 1 aliphatic rings. The number of amides is 1. The van der Waals surface area contributed by atoms with E-state index in [1.54, 1.807) is 24.5 Å². The Kier molecular flexibility index (Phi) is 4.99. The molecule has 0 saturated heterocycles. The van der Waals surface area contributed by atoms with Crippen molar-refractivity contribution in [1.29, 1.82) is 0 Å². The summed E-state index contributed by atoms with van der Waals surface area (Å²) in [5, 5.41) is 11.6. The monoisotopic (exact) mass is 400 g/mol. The molecule has 0 saturated carbocycles. The smallest absolute Gasteiger partial charge is 0.237 e. The first-order chi connectivity index (χ1) is 13.5. The number of carbonyl (C=O) groups excluding carboxylic acids is 1. The van der Waals surface area contributed by atoms with Crippen LogP contribution in [0.25, 0.3) is 11.4 Å². The fraction of sp³-hybridized carbons (Fsp3) is 0.316. The molecular formula is C19H20N4O4S. The van der Waals surface area contributed by atoms with E-state index in [0.29, 0.717) is 41.4 Å². The number of aryl methyl sites for hydroxylation is 1. The average molecular weight is 400 g/mol. The normalized spacial score (nSPS) is 14.0. The number of furan rings is 1. The molecule has 3 heterocycles. The van der Waals surface area contributed by atoms with E-state index in [1.165, 1.54) is 11.8 Å². The van der Waals surface area contributed by atoms with Crippen LogP contribution in [0.15, 0.2) is 40.1 Å². The standard InChI is InChI=1S/C19H20N4O4S/c1-11-14(6-7-25-11)17-21-22-19(23(17)3)28-12(2)18(24)20-13-4-5-15-16(10-13)27-9-8-26-15/h4-7,10,12H,8-9H2,1-3H3,(H,20,24)/t12-/m0/s1. The number of rotatable bonds is 5. The Morgan fingerprint density at radius 3 is 2.75 bits per heavy atom. The van der Waals surface area contributed by atoms with Crippen molar-refractivity contribution < 1.29 is 18.7 Å². The van der Waals surface area contributed by atoms with Gasteiger partial charge in [0.05, 0.1) is 17.1 Å². The maximum Gasteiger partial charge on any atom is 0.237 e. The highest BCUT2D eigenvalue weighted by Gasteiger charge is 2.21. The summed E-state index contributed by atoms with van der Waals surface area (Å²) in [6.07, 6.45) is 1.62. The van der Waals surface area contributed by atoms with Crippen LogP contribution >= 0.6 is 11.8 Å². The van der Waals surface area contributed by atoms with E-state index in [0.717, 1.165) is 11.3 Å². The Bertz CT molecular complexity index is 1010. The topological polar surface area (TPSA) is 91.4 Å². The summed E-state index contributed by atoms with van der Waals surface area (Å²) in [4.78, 5) is 12.6. The molecule has 0 radical (unpaired) electrons. The van der Waals surface area contributed by atoms with Gasteiger partial charge in [-0.15, -0.1) is 10.2 Å². The van der Waals surface area contributed by atoms with E-state index in [4.69, 9.17) is 13.9 Å². The third-order valence-corrected chi connectivity index (χ3v) is 5.53. The van der Waals surface area contributed by atoms with Crippen molar-refractivity contribution in [3.05, 3.63) is 36.3 Å². The fourth-order valence-corrected chi connectivity index (χ4v) is 3.66. The molecule has 4 rings (SSSR count). The molecule has 1 aromatic carbocycles. The van der Waals surface area contributed by atoms with Crippen LogP contribution in [-0.2, 0) is 11.8 Å². The van der Waals surface area contributed by atoms with Gasteiger partial charge in [0.25, 0.3) is 0 Å². The zero-order chi connectivity index (χ0) is 19.7. The van der Waals surface area contributed by atoms with Crippen molar-refractivity contribution in [2.45, 2.75) is 24.3 Å². The SMILES string of the molecule is Cc1occc1-c1nnc(S[C@@H](C)C(=O)Nc2ccc3c(c2)OCCO3)n1C. The van der Waals surface area contributed by atoms with E-state index in [2.05, 4.69) is 15.5 Å². The molecule has 1 N–H and O–H groups in total. The van der Waals surface area contributed by atoms with Crippen molar-refractivity contribution in [3.63, 3.8) is 0 Å². The van der Waals surface area contributed by atoms with Crippen molar-refractivity contribution in [1.82, 2.24) is 14.8 Å². The molecule has 9 heteroatoms. The largest absolute Gasteiger partial charge is 0.486 e. The van der Waals surface area contributed by atoms with E-state index < -0.39 is 0 Å². The quantitative estimate of drug-likeness (QED) is 0.657. The molecule has 0 bridgehead atoms. The molecule has 0 spiro atoms. The van der Waals surface area contributed by atoms with Gasteiger partial charge in [-0.1, -0.05) is 11.8 Å². The number of carbonyl (C=O) groups is 1. The Hall–Kier alpha value is -2.94. The van der Waals surface area contributed by atoms with Gasteiger partial charge in [-0.2, -0.15) is 0 Å². The van der Waals surface area contributed by atoms with Crippen molar-refractivity contribution in [3.8, 4) is 22.9 Å². The van der Waals surface area contributed by atoms with Crippen LogP contribution in [0.5, 0.6) is 11.5 Å². The molecular weight excluding hydrogens is 380 g/mol. The first kappa shape index (κ1) is 18.4. The number of fused-ring (bicyclic) bond motifs is 1. The van der Waals surface area contributed by atoms with Crippen LogP contribution in [0.2, 0.25) is 0 Å². The van der Waals surface area contributed by atoms with Gasteiger partial charge in [-0.25, -0.2) is 0 Å². The highest BCUT2D eigenvalue weighted by Crippen LogP contribution is 2.33. The predicted octanol–water partition coefficient (Wildman–Crippen LogP) is 3.27. The third kappa shape index (κ3) is 3.57. The number of nitrogens with zero attached hydrogens (tertiary/aromatic N) is 3. The minimum Gasteiger partial charge on any atom is -0.486 e. The zero-order valence-electron chi connectivity index (χ0n) is 15.8. The van der Waals surface area contributed by atoms with Crippen LogP contribution in [0.4, 0.5) is 5.69 Å². The van der Waals surface area contributed by atoms with Gasteiger partial charge in [0.1, 0.15) is 19.0 Å². The molecule has 2 aromatic heterocycles. The van der Waals surface area contributed by atoms with Gasteiger partial charge >= 0.3 is 0 Å². The number of nitrogens with one attached hydrogen (secondary N) is 1. The minimum absolute atomic E-state index is 0.134. The Balaban J connectivity index is 1.44. The highest BCUT2D eigenvalue weighted by atomic mass is 32.2. The Morgan fingerprint density at radius 1 is 1.21 bits per heavy atom. The molecule has 3 aromatic rings. The summed E-state index contributed by atoms with van der Waals surface area (Å²) >= 11 is 1.34. The van der Waals surface area contributed by atoms with E-state index >= 15 is 0 Å². The van der Waals surface area contributed by atoms with Crippen LogP contribution in [0, 0.1) is 6.92 Å². The molecule has 1 amide bonds. The third-order valence-electron chi connectivity index (χ3n) is 4.40. The maximum atomic E-state index is 12.6. The summed E-state index contributed by atoms with van der Waals surface area (Å²) in [7, 11) is 1.87. The maximum absolute atomic E-state index is 12.6. The second-order valence-electron chi connectivity index (χ2n) is 6.36. The second kappa shape index (κ2) is 7.59. The first-order valence-corrected chi connectivity index (χ1v) is 9.72. The number of hydrogen-bond donors (Lipinski definition) is 1. The number of aromatic nitrogens is 3. The lowest BCUT2D eigenvalue weighted by Gasteiger charge is -2.19. The van der Waals surface area contributed by atoms with Gasteiger partial charge in [0, 0.05) is 18.8 Å². The first-order valence-electron chi connectivity index (χ1n) is 8.84. The number of hydrogen-bond acceptors (Lipinski definition) is 7. The van der Waals surface area contributed by atoms with Crippen molar-refractivity contribution in [2.75, 3.05) is 18.5 Å². The summed E-state index contributed by atoms with van der Waals surface area (Å²) in [6.45, 7) is 4.74. The van der Waals surface area contributed by atoms with Crippen LogP contribution in [-0.4, -0.2) is 39.1 Å². The number of anilines is 1. The van der Waals surface area contributed by atoms with Gasteiger partial charge in [0.15, 0.2) is 22.5 Å². The van der Waals surface area contributed by atoms with Gasteiger partial charge in [-0.3, -0.25) is 4.79 Å². The van der Waals surface area contributed by atoms with Gasteiger partial charge in [-0.05, 0) is 32.0 Å². The summed E-state index contributed by atoms with van der Waals surface area (Å²) in [5.41, 5.74) is 1.55. The van der Waals surface area contributed by atoms with Crippen molar-refractivity contribution >= 4 is 23.4 Å². The molecule has 0 fully saturated rings. The van der Waals surface area contributed by atoms with Gasteiger partial charge in [0.2, 0.25) is 5.91 Å². The predicted molar refractivity (Wildman–Crippen MR) is 105 cm³/mol. The Labute approximate surface area is 166 Å². The van der Waals surface area contributed by atoms with Crippen LogP contribution in [0.3, 0.4) is 0 Å². The molecule has 1 aliphatic heterocycles. The molecule has 8 nitrogen and oxygen atoms in total. The summed E-state index contributed by atoms with van der Waals surface area (Å²) in [6, 6.07) is 7.21. The number of thioether (sulfide) groups is 1. The molecule has 0 aliphatic carbocycles. The van der Waals surface area contributed by atoms with Crippen LogP contribution < -0.4 is 14.8 Å². The summed E-state index contributed by atoms with van der Waals surface area (Å²) < 4.78 is 18.2. The number of benzene rings is 1. The summed E-state index contributed by atoms with van der Waals surface area (Å²) in [5.74, 6) is 2.67. The van der Waals surface area contributed by atoms with E-state index in [9.17, 15) is 4.79 Å². The lowest BCUT2D eigenvalue weighted by Crippen LogP contribution is -2.23. The highest BCUT2D eigenvalue weighted by molar-refractivity contribution is 8.00.